The van der Waals surface area contributed by atoms with Crippen LogP contribution in [0.25, 0.3) is 22.0 Å². The molecule has 0 saturated heterocycles. The Labute approximate surface area is 165 Å². The number of thiol groups is 1. The SMILES string of the molecule is COc1ccc2ncc(C#N)c(-c3ccc(CN(C4CC4)[SH](=O)=O)cc3)c2c1. The molecule has 7 heteroatoms. The monoisotopic (exact) mass is 393 g/mol. The third-order valence-corrected chi connectivity index (χ3v) is 5.85. The van der Waals surface area contributed by atoms with Crippen LogP contribution in [0.4, 0.5) is 0 Å². The molecule has 1 aliphatic carbocycles. The van der Waals surface area contributed by atoms with Crippen LogP contribution in [0.3, 0.4) is 0 Å². The van der Waals surface area contributed by atoms with Crippen molar-refractivity contribution >= 4 is 21.8 Å². The van der Waals surface area contributed by atoms with Crippen molar-refractivity contribution in [2.75, 3.05) is 7.11 Å². The molecule has 28 heavy (non-hydrogen) atoms. The van der Waals surface area contributed by atoms with E-state index in [9.17, 15) is 13.7 Å². The second-order valence-electron chi connectivity index (χ2n) is 6.81. The normalized spacial score (nSPS) is 13.8. The fourth-order valence-corrected chi connectivity index (χ4v) is 4.13. The van der Waals surface area contributed by atoms with E-state index in [0.29, 0.717) is 17.9 Å². The Kier molecular flexibility index (Phi) is 4.99. The number of ether oxygens (including phenoxy) is 1. The van der Waals surface area contributed by atoms with Gasteiger partial charge in [0.25, 0.3) is 0 Å². The van der Waals surface area contributed by atoms with Gasteiger partial charge in [-0.2, -0.15) is 9.57 Å². The predicted octanol–water partition coefficient (Wildman–Crippen LogP) is 3.27. The molecule has 1 aromatic heterocycles. The second-order valence-corrected chi connectivity index (χ2v) is 7.79. The van der Waals surface area contributed by atoms with E-state index < -0.39 is 10.9 Å². The zero-order chi connectivity index (χ0) is 19.7. The molecule has 0 atom stereocenters. The van der Waals surface area contributed by atoms with E-state index in [1.165, 1.54) is 4.31 Å². The Balaban J connectivity index is 1.74. The first kappa shape index (κ1) is 18.4. The highest BCUT2D eigenvalue weighted by Gasteiger charge is 2.30. The minimum atomic E-state index is -2.58. The number of hydrogen-bond acceptors (Lipinski definition) is 5. The van der Waals surface area contributed by atoms with Gasteiger partial charge >= 0.3 is 0 Å². The van der Waals surface area contributed by atoms with Crippen LogP contribution in [0.2, 0.25) is 0 Å². The molecule has 1 aliphatic rings. The lowest BCUT2D eigenvalue weighted by Gasteiger charge is -2.15. The Morgan fingerprint density at radius 3 is 2.57 bits per heavy atom. The molecule has 1 fully saturated rings. The highest BCUT2D eigenvalue weighted by atomic mass is 32.2. The van der Waals surface area contributed by atoms with Crippen molar-refractivity contribution in [1.82, 2.24) is 9.29 Å². The Hall–Kier alpha value is -2.95. The average Bonchev–Trinajstić information content (AvgIpc) is 3.56. The number of pyridine rings is 1. The van der Waals surface area contributed by atoms with E-state index in [1.54, 1.807) is 13.3 Å². The van der Waals surface area contributed by atoms with Gasteiger partial charge in [-0.05, 0) is 42.2 Å². The zero-order valence-electron chi connectivity index (χ0n) is 15.3. The van der Waals surface area contributed by atoms with Crippen molar-refractivity contribution < 1.29 is 13.2 Å². The molecule has 0 amide bonds. The maximum absolute atomic E-state index is 11.5. The molecule has 6 nitrogen and oxygen atoms in total. The summed E-state index contributed by atoms with van der Waals surface area (Å²) in [5.41, 5.74) is 3.86. The largest absolute Gasteiger partial charge is 0.497 e. The van der Waals surface area contributed by atoms with Gasteiger partial charge in [0.15, 0.2) is 0 Å². The van der Waals surface area contributed by atoms with Crippen molar-refractivity contribution in [3.05, 3.63) is 59.8 Å². The molecule has 4 rings (SSSR count). The standard InChI is InChI=1S/C21H19N3O3S/c1-27-18-8-9-20-19(10-18)21(16(11-22)12-23-20)15-4-2-14(3-5-15)13-24(28(25)26)17-6-7-17/h2-5,8-10,12,17,28H,6-7,13H2,1H3. The molecule has 0 unspecified atom stereocenters. The molecule has 1 heterocycles. The number of aromatic nitrogens is 1. The smallest absolute Gasteiger partial charge is 0.204 e. The summed E-state index contributed by atoms with van der Waals surface area (Å²) in [6.45, 7) is 0.375. The number of benzene rings is 2. The van der Waals surface area contributed by atoms with Gasteiger partial charge in [-0.1, -0.05) is 24.3 Å². The second kappa shape index (κ2) is 7.58. The summed E-state index contributed by atoms with van der Waals surface area (Å²) < 4.78 is 29.8. The molecular weight excluding hydrogens is 374 g/mol. The first-order valence-electron chi connectivity index (χ1n) is 8.98. The van der Waals surface area contributed by atoms with Crippen LogP contribution >= 0.6 is 0 Å². The van der Waals surface area contributed by atoms with E-state index in [0.717, 1.165) is 40.4 Å². The van der Waals surface area contributed by atoms with Crippen LogP contribution in [0, 0.1) is 11.3 Å². The van der Waals surface area contributed by atoms with Crippen molar-refractivity contribution in [2.45, 2.75) is 25.4 Å². The number of nitriles is 1. The number of methoxy groups -OCH3 is 1. The van der Waals surface area contributed by atoms with Crippen molar-refractivity contribution in [1.29, 1.82) is 5.26 Å². The van der Waals surface area contributed by atoms with Gasteiger partial charge in [-0.25, -0.2) is 8.42 Å². The summed E-state index contributed by atoms with van der Waals surface area (Å²) in [6, 6.07) is 15.6. The minimum Gasteiger partial charge on any atom is -0.497 e. The molecule has 3 aromatic rings. The molecule has 2 aromatic carbocycles. The van der Waals surface area contributed by atoms with Crippen molar-refractivity contribution in [3.8, 4) is 22.9 Å². The zero-order valence-corrected chi connectivity index (χ0v) is 16.2. The van der Waals surface area contributed by atoms with E-state index in [2.05, 4.69) is 11.1 Å². The van der Waals surface area contributed by atoms with Crippen LogP contribution in [0.5, 0.6) is 5.75 Å². The number of rotatable bonds is 6. The first-order chi connectivity index (χ1) is 13.6. The summed E-state index contributed by atoms with van der Waals surface area (Å²) in [6.07, 6.45) is 3.44. The molecule has 142 valence electrons. The van der Waals surface area contributed by atoms with Gasteiger partial charge in [0.05, 0.1) is 18.2 Å². The molecule has 0 N–H and O–H groups in total. The van der Waals surface area contributed by atoms with Gasteiger partial charge in [0, 0.05) is 29.7 Å². The van der Waals surface area contributed by atoms with E-state index in [1.807, 2.05) is 42.5 Å². The lowest BCUT2D eigenvalue weighted by atomic mass is 9.96. The topological polar surface area (TPSA) is 83.3 Å². The van der Waals surface area contributed by atoms with Crippen LogP contribution in [0.1, 0.15) is 24.0 Å². The van der Waals surface area contributed by atoms with Gasteiger partial charge < -0.3 is 4.74 Å². The van der Waals surface area contributed by atoms with Crippen LogP contribution < -0.4 is 4.74 Å². The molecule has 1 saturated carbocycles. The third kappa shape index (κ3) is 3.57. The van der Waals surface area contributed by atoms with Gasteiger partial charge in [-0.3, -0.25) is 4.98 Å². The van der Waals surface area contributed by atoms with Crippen molar-refractivity contribution in [3.63, 3.8) is 0 Å². The van der Waals surface area contributed by atoms with Gasteiger partial charge in [-0.15, -0.1) is 0 Å². The number of fused-ring (bicyclic) bond motifs is 1. The fraction of sp³-hybridized carbons (Fsp3) is 0.238. The lowest BCUT2D eigenvalue weighted by Crippen LogP contribution is -2.23. The number of hydrogen-bond donors (Lipinski definition) is 1. The van der Waals surface area contributed by atoms with E-state index >= 15 is 0 Å². The fourth-order valence-electron chi connectivity index (χ4n) is 3.35. The Bertz CT molecular complexity index is 1140. The van der Waals surface area contributed by atoms with Gasteiger partial charge in [0.2, 0.25) is 10.9 Å². The molecule has 0 aliphatic heterocycles. The maximum atomic E-state index is 11.5. The average molecular weight is 393 g/mol. The maximum Gasteiger partial charge on any atom is 0.204 e. The van der Waals surface area contributed by atoms with Crippen LogP contribution in [-0.2, 0) is 17.4 Å². The minimum absolute atomic E-state index is 0.141. The molecule has 0 radical (unpaired) electrons. The highest BCUT2D eigenvalue weighted by molar-refractivity contribution is 7.69. The summed E-state index contributed by atoms with van der Waals surface area (Å²) in [7, 11) is -0.984. The molecule has 0 spiro atoms. The first-order valence-corrected chi connectivity index (χ1v) is 10.1. The van der Waals surface area contributed by atoms with E-state index in [-0.39, 0.29) is 6.04 Å². The Morgan fingerprint density at radius 1 is 1.21 bits per heavy atom. The predicted molar refractivity (Wildman–Crippen MR) is 107 cm³/mol. The Morgan fingerprint density at radius 2 is 1.96 bits per heavy atom. The summed E-state index contributed by atoms with van der Waals surface area (Å²) >= 11 is 0. The quantitative estimate of drug-likeness (QED) is 0.650. The molecule has 0 bridgehead atoms. The highest BCUT2D eigenvalue weighted by Crippen LogP contribution is 2.34. The third-order valence-electron chi connectivity index (χ3n) is 4.96. The summed E-state index contributed by atoms with van der Waals surface area (Å²) in [5, 5.41) is 10.4. The van der Waals surface area contributed by atoms with Gasteiger partial charge in [0.1, 0.15) is 11.8 Å². The molecular formula is C21H19N3O3S. The van der Waals surface area contributed by atoms with Crippen LogP contribution in [-0.4, -0.2) is 30.9 Å². The van der Waals surface area contributed by atoms with Crippen molar-refractivity contribution in [2.24, 2.45) is 0 Å². The summed E-state index contributed by atoms with van der Waals surface area (Å²) in [5.74, 6) is 0.696. The van der Waals surface area contributed by atoms with E-state index in [4.69, 9.17) is 4.74 Å². The lowest BCUT2D eigenvalue weighted by molar-refractivity contribution is 0.413. The van der Waals surface area contributed by atoms with Crippen LogP contribution in [0.15, 0.2) is 48.7 Å². The number of nitrogens with zero attached hydrogens (tertiary/aromatic N) is 3. The summed E-state index contributed by atoms with van der Waals surface area (Å²) in [4.78, 5) is 4.36.